The van der Waals surface area contributed by atoms with Gasteiger partial charge in [0.15, 0.2) is 5.75 Å². The van der Waals surface area contributed by atoms with Gasteiger partial charge in [0, 0.05) is 13.1 Å². The molecule has 0 aromatic heterocycles. The van der Waals surface area contributed by atoms with Gasteiger partial charge in [0.25, 0.3) is 0 Å². The van der Waals surface area contributed by atoms with Crippen LogP contribution in [0.25, 0.3) is 0 Å². The normalized spacial score (nSPS) is 21.9. The summed E-state index contributed by atoms with van der Waals surface area (Å²) in [6.45, 7) is 5.00. The average Bonchev–Trinajstić information content (AvgIpc) is 2.60. The molecule has 1 saturated heterocycles. The summed E-state index contributed by atoms with van der Waals surface area (Å²) in [5.41, 5.74) is -0.260. The zero-order valence-electron chi connectivity index (χ0n) is 14.7. The lowest BCUT2D eigenvalue weighted by atomic mass is 9.87. The lowest BCUT2D eigenvalue weighted by molar-refractivity contribution is 0.0693. The molecule has 2 unspecified atom stereocenters. The largest absolute Gasteiger partial charge is 0.494 e. The van der Waals surface area contributed by atoms with Crippen molar-refractivity contribution in [3.8, 4) is 5.75 Å². The van der Waals surface area contributed by atoms with Crippen molar-refractivity contribution in [3.05, 3.63) is 22.7 Å². The summed E-state index contributed by atoms with van der Waals surface area (Å²) < 4.78 is 32.6. The van der Waals surface area contributed by atoms with Crippen LogP contribution in [0.1, 0.15) is 43.5 Å². The number of methoxy groups -OCH3 is 1. The van der Waals surface area contributed by atoms with E-state index in [0.29, 0.717) is 24.9 Å². The number of rotatable bonds is 6. The van der Waals surface area contributed by atoms with Gasteiger partial charge in [-0.3, -0.25) is 0 Å². The number of sulfonamides is 1. The second-order valence-electron chi connectivity index (χ2n) is 6.40. The molecular formula is C17H24ClNO5S. The van der Waals surface area contributed by atoms with Crippen LogP contribution in [0.5, 0.6) is 5.75 Å². The van der Waals surface area contributed by atoms with Gasteiger partial charge in [0.2, 0.25) is 10.0 Å². The third-order valence-electron chi connectivity index (χ3n) is 4.83. The van der Waals surface area contributed by atoms with Crippen LogP contribution in [0.3, 0.4) is 0 Å². The fraction of sp³-hybridized carbons (Fsp3) is 0.588. The lowest BCUT2D eigenvalue weighted by Crippen LogP contribution is -2.43. The number of carboxylic acid groups (broad SMARTS) is 1. The van der Waals surface area contributed by atoms with Gasteiger partial charge >= 0.3 is 5.97 Å². The van der Waals surface area contributed by atoms with E-state index in [4.69, 9.17) is 16.3 Å². The van der Waals surface area contributed by atoms with Crippen molar-refractivity contribution in [1.29, 1.82) is 0 Å². The maximum Gasteiger partial charge on any atom is 0.339 e. The Balaban J connectivity index is 2.47. The SMILES string of the molecule is CCC1CC(CC)CN(S(=O)(=O)c2cc(Cl)c(OC)c(C(=O)O)c2)C1. The maximum absolute atomic E-state index is 13.1. The number of aromatic carboxylic acids is 1. The lowest BCUT2D eigenvalue weighted by Gasteiger charge is -2.36. The maximum atomic E-state index is 13.1. The third-order valence-corrected chi connectivity index (χ3v) is 6.92. The van der Waals surface area contributed by atoms with Gasteiger partial charge in [-0.2, -0.15) is 4.31 Å². The first-order chi connectivity index (χ1) is 11.7. The van der Waals surface area contributed by atoms with Crippen LogP contribution < -0.4 is 4.74 Å². The quantitative estimate of drug-likeness (QED) is 0.804. The van der Waals surface area contributed by atoms with Gasteiger partial charge < -0.3 is 9.84 Å². The van der Waals surface area contributed by atoms with E-state index in [1.165, 1.54) is 17.5 Å². The molecule has 8 heteroatoms. The number of piperidine rings is 1. The Labute approximate surface area is 153 Å². The molecule has 1 N–H and O–H groups in total. The molecule has 25 heavy (non-hydrogen) atoms. The van der Waals surface area contributed by atoms with E-state index in [1.807, 2.05) is 0 Å². The fourth-order valence-corrected chi connectivity index (χ4v) is 5.30. The van der Waals surface area contributed by atoms with Gasteiger partial charge in [0.05, 0.1) is 17.0 Å². The highest BCUT2D eigenvalue weighted by Gasteiger charge is 2.34. The Bertz CT molecular complexity index is 738. The van der Waals surface area contributed by atoms with Crippen LogP contribution in [0.4, 0.5) is 0 Å². The molecule has 0 amide bonds. The minimum absolute atomic E-state index is 0.0305. The molecule has 1 heterocycles. The minimum Gasteiger partial charge on any atom is -0.494 e. The molecule has 1 aliphatic heterocycles. The first kappa shape index (κ1) is 20.0. The van der Waals surface area contributed by atoms with Crippen LogP contribution >= 0.6 is 11.6 Å². The van der Waals surface area contributed by atoms with E-state index in [0.717, 1.165) is 25.3 Å². The summed E-state index contributed by atoms with van der Waals surface area (Å²) in [5, 5.41) is 9.30. The Hall–Kier alpha value is -1.31. The van der Waals surface area contributed by atoms with Crippen LogP contribution in [0.2, 0.25) is 5.02 Å². The summed E-state index contributed by atoms with van der Waals surface area (Å²) in [5.74, 6) is -0.709. The molecule has 0 spiro atoms. The van der Waals surface area contributed by atoms with Crippen LogP contribution in [-0.4, -0.2) is 44.0 Å². The number of nitrogens with zero attached hydrogens (tertiary/aromatic N) is 1. The van der Waals surface area contributed by atoms with Crippen LogP contribution in [0.15, 0.2) is 17.0 Å². The first-order valence-corrected chi connectivity index (χ1v) is 10.2. The fourth-order valence-electron chi connectivity index (χ4n) is 3.29. The van der Waals surface area contributed by atoms with Crippen molar-refractivity contribution in [3.63, 3.8) is 0 Å². The Morgan fingerprint density at radius 1 is 1.28 bits per heavy atom. The monoisotopic (exact) mass is 389 g/mol. The van der Waals surface area contributed by atoms with Crippen molar-refractivity contribution in [2.45, 2.75) is 38.0 Å². The smallest absolute Gasteiger partial charge is 0.339 e. The van der Waals surface area contributed by atoms with Crippen molar-refractivity contribution >= 4 is 27.6 Å². The average molecular weight is 390 g/mol. The summed E-state index contributed by atoms with van der Waals surface area (Å²) >= 11 is 6.06. The Morgan fingerprint density at radius 3 is 2.28 bits per heavy atom. The highest BCUT2D eigenvalue weighted by atomic mass is 35.5. The second kappa shape index (κ2) is 7.93. The molecular weight excluding hydrogens is 366 g/mol. The minimum atomic E-state index is -3.82. The van der Waals surface area contributed by atoms with Gasteiger partial charge in [-0.15, -0.1) is 0 Å². The predicted molar refractivity (Wildman–Crippen MR) is 95.9 cm³/mol. The van der Waals surface area contributed by atoms with E-state index in [9.17, 15) is 18.3 Å². The van der Waals surface area contributed by atoms with Gasteiger partial charge in [-0.05, 0) is 30.4 Å². The molecule has 2 atom stereocenters. The second-order valence-corrected chi connectivity index (χ2v) is 8.74. The number of halogens is 1. The van der Waals surface area contributed by atoms with Crippen molar-refractivity contribution in [2.75, 3.05) is 20.2 Å². The highest BCUT2D eigenvalue weighted by molar-refractivity contribution is 7.89. The van der Waals surface area contributed by atoms with Gasteiger partial charge in [-0.25, -0.2) is 13.2 Å². The highest BCUT2D eigenvalue weighted by Crippen LogP contribution is 2.35. The Morgan fingerprint density at radius 2 is 1.84 bits per heavy atom. The molecule has 2 rings (SSSR count). The number of carbonyl (C=O) groups is 1. The zero-order valence-corrected chi connectivity index (χ0v) is 16.2. The first-order valence-electron chi connectivity index (χ1n) is 8.35. The van der Waals surface area contributed by atoms with Gasteiger partial charge in [0.1, 0.15) is 5.56 Å². The number of ether oxygens (including phenoxy) is 1. The van der Waals surface area contributed by atoms with E-state index in [-0.39, 0.29) is 21.2 Å². The molecule has 0 aliphatic carbocycles. The van der Waals surface area contributed by atoms with E-state index in [1.54, 1.807) is 0 Å². The number of carboxylic acids is 1. The van der Waals surface area contributed by atoms with E-state index >= 15 is 0 Å². The van der Waals surface area contributed by atoms with E-state index in [2.05, 4.69) is 13.8 Å². The predicted octanol–water partition coefficient (Wildman–Crippen LogP) is 3.49. The molecule has 1 fully saturated rings. The number of benzene rings is 1. The zero-order chi connectivity index (χ0) is 18.8. The van der Waals surface area contributed by atoms with Crippen molar-refractivity contribution in [1.82, 2.24) is 4.31 Å². The van der Waals surface area contributed by atoms with Crippen LogP contribution in [-0.2, 0) is 10.0 Å². The summed E-state index contributed by atoms with van der Waals surface area (Å²) in [6.07, 6.45) is 2.83. The molecule has 0 saturated carbocycles. The summed E-state index contributed by atoms with van der Waals surface area (Å²) in [7, 11) is -2.53. The van der Waals surface area contributed by atoms with Crippen LogP contribution in [0, 0.1) is 11.8 Å². The van der Waals surface area contributed by atoms with Gasteiger partial charge in [-0.1, -0.05) is 38.3 Å². The standard InChI is InChI=1S/C17H24ClNO5S/c1-4-11-6-12(5-2)10-19(9-11)25(22,23)13-7-14(17(20)21)16(24-3)15(18)8-13/h7-8,11-12H,4-6,9-10H2,1-3H3,(H,20,21). The molecule has 0 bridgehead atoms. The molecule has 1 aliphatic rings. The molecule has 6 nitrogen and oxygen atoms in total. The summed E-state index contributed by atoms with van der Waals surface area (Å²) in [4.78, 5) is 11.3. The van der Waals surface area contributed by atoms with Crippen molar-refractivity contribution < 1.29 is 23.1 Å². The topological polar surface area (TPSA) is 83.9 Å². The van der Waals surface area contributed by atoms with Crippen molar-refractivity contribution in [2.24, 2.45) is 11.8 Å². The molecule has 1 aromatic rings. The molecule has 1 aromatic carbocycles. The summed E-state index contributed by atoms with van der Waals surface area (Å²) in [6, 6.07) is 2.39. The molecule has 140 valence electrons. The third kappa shape index (κ3) is 4.10. The number of hydrogen-bond acceptors (Lipinski definition) is 4. The Kier molecular flexibility index (Phi) is 6.35. The molecule has 0 radical (unpaired) electrons. The van der Waals surface area contributed by atoms with E-state index < -0.39 is 16.0 Å². The number of hydrogen-bond donors (Lipinski definition) is 1.